The Labute approximate surface area is 190 Å². The highest BCUT2D eigenvalue weighted by atomic mass is 32.1. The van der Waals surface area contributed by atoms with Crippen molar-refractivity contribution in [1.29, 1.82) is 5.41 Å². The maximum absolute atomic E-state index is 12.7. The SMILES string of the molecule is Cc1cc(Nc2cnc(NC(=O)N[C@@H]3CN(C)C[C@H]3c3nc(C)cs3)cc2C=N)ccn1. The van der Waals surface area contributed by atoms with Gasteiger partial charge < -0.3 is 20.9 Å². The largest absolute Gasteiger partial charge is 0.354 e. The van der Waals surface area contributed by atoms with E-state index in [4.69, 9.17) is 5.41 Å². The van der Waals surface area contributed by atoms with Crippen LogP contribution in [0.5, 0.6) is 0 Å². The molecule has 4 N–H and O–H groups in total. The number of hydrogen-bond donors (Lipinski definition) is 4. The first-order chi connectivity index (χ1) is 15.4. The maximum atomic E-state index is 12.7. The molecule has 10 heteroatoms. The van der Waals surface area contributed by atoms with Crippen molar-refractivity contribution < 1.29 is 4.79 Å². The van der Waals surface area contributed by atoms with Gasteiger partial charge in [-0.05, 0) is 39.1 Å². The fourth-order valence-corrected chi connectivity index (χ4v) is 4.76. The third-order valence-corrected chi connectivity index (χ3v) is 6.38. The average Bonchev–Trinajstić information content (AvgIpc) is 3.34. The summed E-state index contributed by atoms with van der Waals surface area (Å²) in [6.07, 6.45) is 4.56. The molecule has 1 fully saturated rings. The van der Waals surface area contributed by atoms with E-state index in [0.29, 0.717) is 17.1 Å². The molecule has 0 saturated carbocycles. The number of carbonyl (C=O) groups is 1. The average molecular weight is 451 g/mol. The molecule has 1 aliphatic rings. The zero-order valence-electron chi connectivity index (χ0n) is 18.2. The number of hydrogen-bond acceptors (Lipinski definition) is 8. The minimum atomic E-state index is -0.322. The first-order valence-electron chi connectivity index (χ1n) is 10.3. The van der Waals surface area contributed by atoms with E-state index in [-0.39, 0.29) is 18.0 Å². The van der Waals surface area contributed by atoms with Crippen molar-refractivity contribution in [2.45, 2.75) is 25.8 Å². The first-order valence-corrected chi connectivity index (χ1v) is 11.2. The number of carbonyl (C=O) groups excluding carboxylic acids is 1. The van der Waals surface area contributed by atoms with Crippen LogP contribution >= 0.6 is 11.3 Å². The Morgan fingerprint density at radius 2 is 2.09 bits per heavy atom. The number of aromatic nitrogens is 3. The van der Waals surface area contributed by atoms with Crippen molar-refractivity contribution in [2.75, 3.05) is 30.8 Å². The van der Waals surface area contributed by atoms with Crippen molar-refractivity contribution in [3.63, 3.8) is 0 Å². The molecular weight excluding hydrogens is 424 g/mol. The summed E-state index contributed by atoms with van der Waals surface area (Å²) in [5.41, 5.74) is 4.03. The lowest BCUT2D eigenvalue weighted by Crippen LogP contribution is -2.42. The van der Waals surface area contributed by atoms with E-state index in [9.17, 15) is 4.79 Å². The number of nitrogens with zero attached hydrogens (tertiary/aromatic N) is 4. The summed E-state index contributed by atoms with van der Waals surface area (Å²) in [7, 11) is 2.04. The van der Waals surface area contributed by atoms with Crippen LogP contribution in [0.4, 0.5) is 22.0 Å². The zero-order chi connectivity index (χ0) is 22.7. The van der Waals surface area contributed by atoms with Crippen LogP contribution in [-0.4, -0.2) is 58.3 Å². The summed E-state index contributed by atoms with van der Waals surface area (Å²) >= 11 is 1.63. The van der Waals surface area contributed by atoms with Crippen molar-refractivity contribution in [3.05, 3.63) is 57.9 Å². The molecule has 2 atom stereocenters. The van der Waals surface area contributed by atoms with Gasteiger partial charge in [-0.1, -0.05) is 0 Å². The Morgan fingerprint density at radius 3 is 2.81 bits per heavy atom. The van der Waals surface area contributed by atoms with Gasteiger partial charge in [-0.25, -0.2) is 14.8 Å². The molecule has 0 radical (unpaired) electrons. The van der Waals surface area contributed by atoms with E-state index >= 15 is 0 Å². The topological polar surface area (TPSA) is 119 Å². The van der Waals surface area contributed by atoms with Crippen LogP contribution in [0.25, 0.3) is 0 Å². The molecule has 0 aliphatic carbocycles. The van der Waals surface area contributed by atoms with Gasteiger partial charge in [0.1, 0.15) is 5.82 Å². The summed E-state index contributed by atoms with van der Waals surface area (Å²) in [5.74, 6) is 0.537. The Kier molecular flexibility index (Phi) is 6.42. The van der Waals surface area contributed by atoms with Crippen LogP contribution in [-0.2, 0) is 0 Å². The molecule has 0 spiro atoms. The molecule has 0 unspecified atom stereocenters. The Morgan fingerprint density at radius 1 is 1.25 bits per heavy atom. The fraction of sp³-hybridized carbons (Fsp3) is 0.318. The number of amides is 2. The summed E-state index contributed by atoms with van der Waals surface area (Å²) in [5, 5.41) is 19.9. The molecule has 9 nitrogen and oxygen atoms in total. The molecule has 166 valence electrons. The smallest absolute Gasteiger partial charge is 0.320 e. The summed E-state index contributed by atoms with van der Waals surface area (Å²) in [6.45, 7) is 5.50. The van der Waals surface area contributed by atoms with Crippen LogP contribution in [0.3, 0.4) is 0 Å². The maximum Gasteiger partial charge on any atom is 0.320 e. The molecule has 1 saturated heterocycles. The number of likely N-dealkylation sites (N-methyl/N-ethyl adjacent to an activating group) is 1. The number of urea groups is 1. The van der Waals surface area contributed by atoms with Gasteiger partial charge in [-0.3, -0.25) is 10.3 Å². The molecular formula is C22H26N8OS. The van der Waals surface area contributed by atoms with Crippen LogP contribution in [0.15, 0.2) is 36.0 Å². The Bertz CT molecular complexity index is 1130. The van der Waals surface area contributed by atoms with Crippen LogP contribution in [0.1, 0.15) is 27.9 Å². The lowest BCUT2D eigenvalue weighted by Gasteiger charge is -2.18. The summed E-state index contributed by atoms with van der Waals surface area (Å²) in [6, 6.07) is 5.07. The predicted octanol–water partition coefficient (Wildman–Crippen LogP) is 3.51. The van der Waals surface area contributed by atoms with Crippen molar-refractivity contribution in [2.24, 2.45) is 0 Å². The number of anilines is 3. The minimum Gasteiger partial charge on any atom is -0.354 e. The van der Waals surface area contributed by atoms with Crippen molar-refractivity contribution >= 4 is 40.8 Å². The van der Waals surface area contributed by atoms with E-state index in [1.54, 1.807) is 29.8 Å². The van der Waals surface area contributed by atoms with Gasteiger partial charge in [0, 0.05) is 59.4 Å². The third kappa shape index (κ3) is 5.09. The highest BCUT2D eigenvalue weighted by Gasteiger charge is 2.35. The molecule has 4 rings (SSSR count). The number of pyridine rings is 2. The summed E-state index contributed by atoms with van der Waals surface area (Å²) < 4.78 is 0. The molecule has 0 bridgehead atoms. The normalized spacial score (nSPS) is 18.3. The van der Waals surface area contributed by atoms with E-state index < -0.39 is 0 Å². The Hall–Kier alpha value is -3.37. The fourth-order valence-electron chi connectivity index (χ4n) is 3.80. The molecule has 3 aromatic rings. The number of likely N-dealkylation sites (tertiary alicyclic amines) is 1. The van der Waals surface area contributed by atoms with Gasteiger partial charge in [0.2, 0.25) is 0 Å². The zero-order valence-corrected chi connectivity index (χ0v) is 19.0. The second-order valence-electron chi connectivity index (χ2n) is 7.97. The van der Waals surface area contributed by atoms with E-state index in [1.807, 2.05) is 38.4 Å². The molecule has 2 amide bonds. The van der Waals surface area contributed by atoms with Gasteiger partial charge in [-0.2, -0.15) is 0 Å². The van der Waals surface area contributed by atoms with Gasteiger partial charge in [0.05, 0.1) is 22.9 Å². The Balaban J connectivity index is 1.43. The monoisotopic (exact) mass is 450 g/mol. The molecule has 3 aromatic heterocycles. The third-order valence-electron chi connectivity index (χ3n) is 5.28. The van der Waals surface area contributed by atoms with E-state index in [2.05, 4.69) is 35.8 Å². The standard InChI is InChI=1S/C22H26N8OS/c1-13-6-16(4-5-24-13)27-18-9-25-20(7-15(18)8-23)29-22(31)28-19-11-30(3)10-17(19)21-26-14(2)12-32-21/h4-9,12,17,19,23H,10-11H2,1-3H3,(H,24,27)(H2,25,28,29,31)/t17-,19-/m1/s1. The minimum absolute atomic E-state index is 0.0383. The number of thiazole rings is 1. The molecule has 0 aromatic carbocycles. The van der Waals surface area contributed by atoms with E-state index in [0.717, 1.165) is 35.2 Å². The highest BCUT2D eigenvalue weighted by Crippen LogP contribution is 2.29. The quantitative estimate of drug-likeness (QED) is 0.427. The van der Waals surface area contributed by atoms with Crippen LogP contribution < -0.4 is 16.0 Å². The van der Waals surface area contributed by atoms with Crippen molar-refractivity contribution in [3.8, 4) is 0 Å². The van der Waals surface area contributed by atoms with Gasteiger partial charge in [-0.15, -0.1) is 11.3 Å². The lowest BCUT2D eigenvalue weighted by atomic mass is 10.1. The van der Waals surface area contributed by atoms with E-state index in [1.165, 1.54) is 6.21 Å². The first kappa shape index (κ1) is 21.8. The molecule has 32 heavy (non-hydrogen) atoms. The second kappa shape index (κ2) is 9.41. The number of nitrogens with one attached hydrogen (secondary N) is 4. The molecule has 1 aliphatic heterocycles. The van der Waals surface area contributed by atoms with Crippen molar-refractivity contribution in [1.82, 2.24) is 25.2 Å². The van der Waals surface area contributed by atoms with Crippen LogP contribution in [0, 0.1) is 19.3 Å². The predicted molar refractivity (Wildman–Crippen MR) is 127 cm³/mol. The summed E-state index contributed by atoms with van der Waals surface area (Å²) in [4.78, 5) is 28.0. The second-order valence-corrected chi connectivity index (χ2v) is 8.86. The lowest BCUT2D eigenvalue weighted by molar-refractivity contribution is 0.247. The van der Waals surface area contributed by atoms with Gasteiger partial charge in [0.25, 0.3) is 0 Å². The van der Waals surface area contributed by atoms with Crippen LogP contribution in [0.2, 0.25) is 0 Å². The molecule has 4 heterocycles. The highest BCUT2D eigenvalue weighted by molar-refractivity contribution is 7.09. The van der Waals surface area contributed by atoms with Gasteiger partial charge >= 0.3 is 6.03 Å². The number of aryl methyl sites for hydroxylation is 2. The van der Waals surface area contributed by atoms with Gasteiger partial charge in [0.15, 0.2) is 0 Å². The number of rotatable bonds is 6.